The molecule has 0 radical (unpaired) electrons. The molecule has 210 valence electrons. The topological polar surface area (TPSA) is 126 Å². The van der Waals surface area contributed by atoms with Crippen LogP contribution in [0.5, 0.6) is 5.75 Å². The summed E-state index contributed by atoms with van der Waals surface area (Å²) in [7, 11) is 1.89. The highest BCUT2D eigenvalue weighted by molar-refractivity contribution is 6.06. The first-order valence-corrected chi connectivity index (χ1v) is 13.7. The SMILES string of the molecule is Cc1cnc(Nc2cc(C)n(C)n2)nc1-c1c[nH]c2c(NC(=O)C(C)N3CCC(Oc4ccncc4)C3)cccc12. The lowest BCUT2D eigenvalue weighted by Gasteiger charge is -2.23. The number of anilines is 3. The van der Waals surface area contributed by atoms with Gasteiger partial charge in [0.15, 0.2) is 5.82 Å². The van der Waals surface area contributed by atoms with Gasteiger partial charge < -0.3 is 20.4 Å². The molecule has 0 saturated carbocycles. The van der Waals surface area contributed by atoms with Gasteiger partial charge in [-0.1, -0.05) is 12.1 Å². The van der Waals surface area contributed by atoms with E-state index in [1.807, 2.05) is 70.4 Å². The number of H-pyrrole nitrogens is 1. The Labute approximate surface area is 238 Å². The van der Waals surface area contributed by atoms with E-state index in [1.165, 1.54) is 0 Å². The second-order valence-electron chi connectivity index (χ2n) is 10.4. The van der Waals surface area contributed by atoms with Crippen LogP contribution >= 0.6 is 0 Å². The smallest absolute Gasteiger partial charge is 0.241 e. The van der Waals surface area contributed by atoms with Crippen molar-refractivity contribution in [3.8, 4) is 17.0 Å². The summed E-state index contributed by atoms with van der Waals surface area (Å²) in [5, 5.41) is 11.7. The molecule has 1 aliphatic heterocycles. The lowest BCUT2D eigenvalue weighted by molar-refractivity contribution is -0.120. The number of para-hydroxylation sites is 1. The number of likely N-dealkylation sites (tertiary alicyclic amines) is 1. The molecule has 41 heavy (non-hydrogen) atoms. The van der Waals surface area contributed by atoms with E-state index in [1.54, 1.807) is 23.3 Å². The van der Waals surface area contributed by atoms with Crippen molar-refractivity contribution in [3.05, 3.63) is 72.4 Å². The molecule has 1 aliphatic rings. The number of aryl methyl sites for hydroxylation is 3. The first kappa shape index (κ1) is 26.5. The van der Waals surface area contributed by atoms with Gasteiger partial charge in [-0.15, -0.1) is 0 Å². The molecule has 3 N–H and O–H groups in total. The van der Waals surface area contributed by atoms with E-state index in [9.17, 15) is 4.79 Å². The Balaban J connectivity index is 1.18. The fourth-order valence-electron chi connectivity index (χ4n) is 5.18. The summed E-state index contributed by atoms with van der Waals surface area (Å²) in [6.07, 6.45) is 8.07. The average molecular weight is 552 g/mol. The molecule has 6 rings (SSSR count). The number of amides is 1. The van der Waals surface area contributed by atoms with Crippen molar-refractivity contribution in [2.45, 2.75) is 39.3 Å². The zero-order chi connectivity index (χ0) is 28.5. The largest absolute Gasteiger partial charge is 0.489 e. The van der Waals surface area contributed by atoms with Gasteiger partial charge in [-0.05, 0) is 51.0 Å². The molecule has 0 spiro atoms. The molecular weight excluding hydrogens is 518 g/mol. The maximum Gasteiger partial charge on any atom is 0.241 e. The quantitative estimate of drug-likeness (QED) is 0.256. The van der Waals surface area contributed by atoms with E-state index >= 15 is 0 Å². The van der Waals surface area contributed by atoms with Gasteiger partial charge >= 0.3 is 0 Å². The number of hydrogen-bond donors (Lipinski definition) is 3. The van der Waals surface area contributed by atoms with E-state index in [2.05, 4.69) is 35.6 Å². The Morgan fingerprint density at radius 3 is 2.80 bits per heavy atom. The highest BCUT2D eigenvalue weighted by Crippen LogP contribution is 2.33. The summed E-state index contributed by atoms with van der Waals surface area (Å²) >= 11 is 0. The van der Waals surface area contributed by atoms with E-state index in [4.69, 9.17) is 9.72 Å². The number of carbonyl (C=O) groups excluding carboxylic acids is 1. The first-order valence-electron chi connectivity index (χ1n) is 13.7. The number of fused-ring (bicyclic) bond motifs is 1. The van der Waals surface area contributed by atoms with Crippen LogP contribution in [0, 0.1) is 13.8 Å². The summed E-state index contributed by atoms with van der Waals surface area (Å²) in [6.45, 7) is 7.39. The first-order chi connectivity index (χ1) is 19.9. The third kappa shape index (κ3) is 5.48. The molecule has 5 heterocycles. The van der Waals surface area contributed by atoms with Crippen molar-refractivity contribution in [1.82, 2.24) is 34.6 Å². The van der Waals surface area contributed by atoms with Crippen LogP contribution in [-0.4, -0.2) is 65.8 Å². The predicted octanol–water partition coefficient (Wildman–Crippen LogP) is 4.59. The predicted molar refractivity (Wildman–Crippen MR) is 158 cm³/mol. The second kappa shape index (κ2) is 11.0. The van der Waals surface area contributed by atoms with Gasteiger partial charge in [0.1, 0.15) is 11.9 Å². The number of benzene rings is 1. The summed E-state index contributed by atoms with van der Waals surface area (Å²) in [5.74, 6) is 1.89. The molecule has 0 bridgehead atoms. The fraction of sp³-hybridized carbons (Fsp3) is 0.300. The molecule has 11 nitrogen and oxygen atoms in total. The molecule has 4 aromatic heterocycles. The van der Waals surface area contributed by atoms with Gasteiger partial charge in [0, 0.05) is 67.6 Å². The number of pyridine rings is 1. The summed E-state index contributed by atoms with van der Waals surface area (Å²) in [4.78, 5) is 32.1. The normalized spacial score (nSPS) is 16.1. The van der Waals surface area contributed by atoms with E-state index in [0.29, 0.717) is 18.3 Å². The van der Waals surface area contributed by atoms with Crippen molar-refractivity contribution in [3.63, 3.8) is 0 Å². The standard InChI is InChI=1S/C30H33N9O2/c1-18-15-33-30(35-26-14-19(2)38(4)37-26)36-27(18)24-16-32-28-23(24)6-5-7-25(28)34-29(40)20(3)39-13-10-22(17-39)41-21-8-11-31-12-9-21/h5-9,11-12,14-16,20,22,32H,10,13,17H2,1-4H3,(H,34,40)(H,33,35,36,37). The maximum absolute atomic E-state index is 13.3. The second-order valence-corrected chi connectivity index (χ2v) is 10.4. The maximum atomic E-state index is 13.3. The lowest BCUT2D eigenvalue weighted by Crippen LogP contribution is -2.41. The molecule has 11 heteroatoms. The summed E-state index contributed by atoms with van der Waals surface area (Å²) in [5.41, 5.74) is 5.27. The summed E-state index contributed by atoms with van der Waals surface area (Å²) < 4.78 is 7.87. The third-order valence-corrected chi connectivity index (χ3v) is 7.61. The Hall–Kier alpha value is -4.77. The van der Waals surface area contributed by atoms with Crippen LogP contribution in [-0.2, 0) is 11.8 Å². The van der Waals surface area contributed by atoms with Crippen molar-refractivity contribution < 1.29 is 9.53 Å². The van der Waals surface area contributed by atoms with Crippen LogP contribution < -0.4 is 15.4 Å². The number of hydrogen-bond acceptors (Lipinski definition) is 8. The molecule has 2 unspecified atom stereocenters. The zero-order valence-corrected chi connectivity index (χ0v) is 23.5. The van der Waals surface area contributed by atoms with E-state index in [0.717, 1.165) is 57.8 Å². The van der Waals surface area contributed by atoms with Gasteiger partial charge in [0.25, 0.3) is 0 Å². The van der Waals surface area contributed by atoms with E-state index < -0.39 is 0 Å². The molecular formula is C30H33N9O2. The average Bonchev–Trinajstić information content (AvgIpc) is 3.69. The van der Waals surface area contributed by atoms with Crippen molar-refractivity contribution in [2.75, 3.05) is 23.7 Å². The van der Waals surface area contributed by atoms with Gasteiger partial charge in [-0.25, -0.2) is 9.97 Å². The fourth-order valence-corrected chi connectivity index (χ4v) is 5.18. The molecule has 1 fully saturated rings. The number of rotatable bonds is 8. The Bertz CT molecular complexity index is 1680. The Morgan fingerprint density at radius 1 is 1.20 bits per heavy atom. The van der Waals surface area contributed by atoms with Crippen LogP contribution in [0.3, 0.4) is 0 Å². The molecule has 1 amide bonds. The highest BCUT2D eigenvalue weighted by atomic mass is 16.5. The molecule has 2 atom stereocenters. The van der Waals surface area contributed by atoms with Crippen molar-refractivity contribution in [1.29, 1.82) is 0 Å². The Morgan fingerprint density at radius 2 is 2.02 bits per heavy atom. The van der Waals surface area contributed by atoms with Crippen LogP contribution in [0.1, 0.15) is 24.6 Å². The zero-order valence-electron chi connectivity index (χ0n) is 23.5. The Kier molecular flexibility index (Phi) is 7.10. The number of nitrogens with one attached hydrogen (secondary N) is 3. The summed E-state index contributed by atoms with van der Waals surface area (Å²) in [6, 6.07) is 11.2. The van der Waals surface area contributed by atoms with E-state index in [-0.39, 0.29) is 18.1 Å². The molecule has 0 aliphatic carbocycles. The van der Waals surface area contributed by atoms with Crippen molar-refractivity contribution >= 4 is 34.3 Å². The van der Waals surface area contributed by atoms with Gasteiger partial charge in [-0.3, -0.25) is 19.4 Å². The molecule has 1 aromatic carbocycles. The highest BCUT2D eigenvalue weighted by Gasteiger charge is 2.31. The van der Waals surface area contributed by atoms with Crippen LogP contribution in [0.4, 0.5) is 17.5 Å². The third-order valence-electron chi connectivity index (χ3n) is 7.61. The number of aromatic nitrogens is 6. The van der Waals surface area contributed by atoms with Crippen LogP contribution in [0.15, 0.2) is 61.2 Å². The minimum atomic E-state index is -0.307. The molecule has 5 aromatic rings. The van der Waals surface area contributed by atoms with Gasteiger partial charge in [0.05, 0.1) is 22.9 Å². The van der Waals surface area contributed by atoms with Gasteiger partial charge in [-0.2, -0.15) is 5.10 Å². The van der Waals surface area contributed by atoms with Gasteiger partial charge in [0.2, 0.25) is 11.9 Å². The number of ether oxygens (including phenoxy) is 1. The number of carbonyl (C=O) groups is 1. The minimum Gasteiger partial charge on any atom is -0.489 e. The van der Waals surface area contributed by atoms with Crippen LogP contribution in [0.25, 0.3) is 22.2 Å². The molecule has 1 saturated heterocycles. The number of nitrogens with zero attached hydrogens (tertiary/aromatic N) is 6. The monoisotopic (exact) mass is 551 g/mol. The lowest BCUT2D eigenvalue weighted by atomic mass is 10.1. The van der Waals surface area contributed by atoms with Crippen molar-refractivity contribution in [2.24, 2.45) is 7.05 Å². The number of aromatic amines is 1. The minimum absolute atomic E-state index is 0.0409. The van der Waals surface area contributed by atoms with Crippen LogP contribution in [0.2, 0.25) is 0 Å².